The van der Waals surface area contributed by atoms with Crippen molar-refractivity contribution in [2.75, 3.05) is 13.2 Å². The number of carbonyl (C=O) groups excluding carboxylic acids is 1. The van der Waals surface area contributed by atoms with Gasteiger partial charge in [-0.1, -0.05) is 140 Å². The van der Waals surface area contributed by atoms with Crippen LogP contribution < -0.4 is 4.74 Å². The van der Waals surface area contributed by atoms with Gasteiger partial charge in [0.15, 0.2) is 0 Å². The molecule has 1 unspecified atom stereocenters. The van der Waals surface area contributed by atoms with Crippen LogP contribution in [0.2, 0.25) is 0 Å². The van der Waals surface area contributed by atoms with E-state index in [2.05, 4.69) is 69.0 Å². The molecule has 0 aliphatic rings. The van der Waals surface area contributed by atoms with Gasteiger partial charge < -0.3 is 9.47 Å². The van der Waals surface area contributed by atoms with Crippen molar-refractivity contribution in [2.24, 2.45) is 5.92 Å². The average molecular weight is 535 g/mol. The summed E-state index contributed by atoms with van der Waals surface area (Å²) in [5, 5.41) is 0. The number of esters is 1. The summed E-state index contributed by atoms with van der Waals surface area (Å²) in [4.78, 5) is 10.9. The van der Waals surface area contributed by atoms with Gasteiger partial charge in [0.1, 0.15) is 5.75 Å². The zero-order valence-electron chi connectivity index (χ0n) is 24.9. The Bertz CT molecular complexity index is 885. The fraction of sp³-hybridized carbons (Fsp3) is 0.583. The second kappa shape index (κ2) is 21.3. The minimum Gasteiger partial charge on any atom is -0.494 e. The third-order valence-electron chi connectivity index (χ3n) is 7.64. The highest BCUT2D eigenvalue weighted by molar-refractivity contribution is 5.81. The Kier molecular flexibility index (Phi) is 17.8. The molecular formula is C36H54O3. The van der Waals surface area contributed by atoms with Crippen LogP contribution in [0.1, 0.15) is 116 Å². The zero-order chi connectivity index (χ0) is 28.0. The number of hydrogen-bond acceptors (Lipinski definition) is 3. The first-order chi connectivity index (χ1) is 19.1. The second-order valence-electron chi connectivity index (χ2n) is 11.1. The molecule has 0 radical (unpaired) electrons. The molecule has 0 aromatic heterocycles. The summed E-state index contributed by atoms with van der Waals surface area (Å²) in [5.41, 5.74) is 3.94. The molecule has 2 aromatic carbocycles. The quantitative estimate of drug-likeness (QED) is 0.0808. The molecular weight excluding hydrogens is 480 g/mol. The maximum Gasteiger partial charge on any atom is 0.330 e. The lowest BCUT2D eigenvalue weighted by Crippen LogP contribution is -2.01. The third kappa shape index (κ3) is 15.6. The molecule has 0 saturated heterocycles. The summed E-state index contributed by atoms with van der Waals surface area (Å²) in [5.74, 6) is 1.40. The van der Waals surface area contributed by atoms with Crippen molar-refractivity contribution < 1.29 is 14.3 Å². The van der Waals surface area contributed by atoms with Gasteiger partial charge in [-0.2, -0.15) is 0 Å². The lowest BCUT2D eigenvalue weighted by Gasteiger charge is -2.10. The van der Waals surface area contributed by atoms with Crippen LogP contribution in [0.25, 0.3) is 11.1 Å². The molecule has 0 amide bonds. The Morgan fingerprint density at radius 3 is 1.59 bits per heavy atom. The van der Waals surface area contributed by atoms with Crippen LogP contribution in [0.15, 0.2) is 61.2 Å². The van der Waals surface area contributed by atoms with Crippen LogP contribution in [-0.4, -0.2) is 19.2 Å². The molecule has 0 aliphatic carbocycles. The first-order valence-electron chi connectivity index (χ1n) is 15.7. The smallest absolute Gasteiger partial charge is 0.330 e. The minimum absolute atomic E-state index is 0.310. The van der Waals surface area contributed by atoms with Gasteiger partial charge in [-0.3, -0.25) is 0 Å². The van der Waals surface area contributed by atoms with Crippen molar-refractivity contribution in [3.63, 3.8) is 0 Å². The molecule has 1 atom stereocenters. The predicted octanol–water partition coefficient (Wildman–Crippen LogP) is 10.5. The van der Waals surface area contributed by atoms with Gasteiger partial charge in [0, 0.05) is 6.08 Å². The number of carbonyl (C=O) groups is 1. The molecule has 0 spiro atoms. The summed E-state index contributed by atoms with van der Waals surface area (Å²) < 4.78 is 11.0. The highest BCUT2D eigenvalue weighted by Crippen LogP contribution is 2.24. The first-order valence-corrected chi connectivity index (χ1v) is 15.7. The summed E-state index contributed by atoms with van der Waals surface area (Å²) >= 11 is 0. The number of ether oxygens (including phenoxy) is 2. The molecule has 0 fully saturated rings. The zero-order valence-corrected chi connectivity index (χ0v) is 24.9. The summed E-state index contributed by atoms with van der Waals surface area (Å²) in [6, 6.07) is 17.6. The highest BCUT2D eigenvalue weighted by Gasteiger charge is 2.03. The van der Waals surface area contributed by atoms with Crippen LogP contribution in [0.5, 0.6) is 5.75 Å². The summed E-state index contributed by atoms with van der Waals surface area (Å²) in [6.45, 7) is 9.32. The fourth-order valence-electron chi connectivity index (χ4n) is 4.87. The van der Waals surface area contributed by atoms with Gasteiger partial charge in [-0.05, 0) is 54.0 Å². The lowest BCUT2D eigenvalue weighted by atomic mass is 9.97. The number of rotatable bonds is 23. The molecule has 3 nitrogen and oxygen atoms in total. The largest absolute Gasteiger partial charge is 0.494 e. The molecule has 39 heavy (non-hydrogen) atoms. The Balaban J connectivity index is 1.39. The van der Waals surface area contributed by atoms with Crippen molar-refractivity contribution in [3.05, 3.63) is 66.7 Å². The maximum absolute atomic E-state index is 10.9. The molecule has 2 rings (SSSR count). The normalized spacial score (nSPS) is 11.7. The number of unbranched alkanes of at least 4 members (excludes halogenated alkanes) is 13. The van der Waals surface area contributed by atoms with Crippen molar-refractivity contribution in [2.45, 2.75) is 117 Å². The highest BCUT2D eigenvalue weighted by atomic mass is 16.5. The van der Waals surface area contributed by atoms with E-state index in [0.717, 1.165) is 44.0 Å². The van der Waals surface area contributed by atoms with E-state index in [0.29, 0.717) is 6.61 Å². The van der Waals surface area contributed by atoms with Crippen molar-refractivity contribution in [1.29, 1.82) is 0 Å². The predicted molar refractivity (Wildman–Crippen MR) is 166 cm³/mol. The van der Waals surface area contributed by atoms with E-state index in [1.807, 2.05) is 0 Å². The van der Waals surface area contributed by atoms with E-state index < -0.39 is 0 Å². The standard InChI is InChI=1S/C36H54O3/c1-4-31(3)30-32-20-22-33(23-21-32)34-24-26-35(27-25-34)38-28-18-16-14-12-10-8-6-7-9-11-13-15-17-19-29-39-36(37)5-2/h5,20-27,31H,2,4,6-19,28-30H2,1,3H3. The molecule has 0 heterocycles. The Morgan fingerprint density at radius 1 is 0.692 bits per heavy atom. The van der Waals surface area contributed by atoms with Gasteiger partial charge in [0.25, 0.3) is 0 Å². The van der Waals surface area contributed by atoms with Gasteiger partial charge in [0.05, 0.1) is 13.2 Å². The van der Waals surface area contributed by atoms with Gasteiger partial charge in [0.2, 0.25) is 0 Å². The van der Waals surface area contributed by atoms with Crippen molar-refractivity contribution in [1.82, 2.24) is 0 Å². The van der Waals surface area contributed by atoms with Gasteiger partial charge >= 0.3 is 5.97 Å². The van der Waals surface area contributed by atoms with Crippen molar-refractivity contribution in [3.8, 4) is 16.9 Å². The van der Waals surface area contributed by atoms with Crippen LogP contribution >= 0.6 is 0 Å². The lowest BCUT2D eigenvalue weighted by molar-refractivity contribution is -0.137. The van der Waals surface area contributed by atoms with Gasteiger partial charge in [-0.25, -0.2) is 4.79 Å². The first kappa shape index (κ1) is 32.7. The van der Waals surface area contributed by atoms with E-state index in [4.69, 9.17) is 9.47 Å². The maximum atomic E-state index is 10.9. The average Bonchev–Trinajstić information content (AvgIpc) is 2.97. The van der Waals surface area contributed by atoms with E-state index in [-0.39, 0.29) is 5.97 Å². The second-order valence-corrected chi connectivity index (χ2v) is 11.1. The van der Waals surface area contributed by atoms with E-state index in [1.54, 1.807) is 0 Å². The molecule has 0 N–H and O–H groups in total. The molecule has 3 heteroatoms. The van der Waals surface area contributed by atoms with Crippen molar-refractivity contribution >= 4 is 5.97 Å². The monoisotopic (exact) mass is 534 g/mol. The third-order valence-corrected chi connectivity index (χ3v) is 7.64. The molecule has 0 saturated carbocycles. The van der Waals surface area contributed by atoms with Crippen LogP contribution in [0.4, 0.5) is 0 Å². The number of hydrogen-bond donors (Lipinski definition) is 0. The molecule has 0 bridgehead atoms. The summed E-state index contributed by atoms with van der Waals surface area (Å²) in [6.07, 6.45) is 21.5. The van der Waals surface area contributed by atoms with Crippen LogP contribution in [0, 0.1) is 5.92 Å². The fourth-order valence-corrected chi connectivity index (χ4v) is 4.87. The SMILES string of the molecule is C=CC(=O)OCCCCCCCCCCCCCCCCOc1ccc(-c2ccc(CC(C)CC)cc2)cc1. The minimum atomic E-state index is -0.310. The Labute approximate surface area is 239 Å². The molecule has 0 aliphatic heterocycles. The van der Waals surface area contributed by atoms with E-state index >= 15 is 0 Å². The Hall–Kier alpha value is -2.55. The Morgan fingerprint density at radius 2 is 1.13 bits per heavy atom. The van der Waals surface area contributed by atoms with E-state index in [9.17, 15) is 4.79 Å². The van der Waals surface area contributed by atoms with Gasteiger partial charge in [-0.15, -0.1) is 0 Å². The van der Waals surface area contributed by atoms with E-state index in [1.165, 1.54) is 99.8 Å². The topological polar surface area (TPSA) is 35.5 Å². The van der Waals surface area contributed by atoms with Crippen LogP contribution in [-0.2, 0) is 16.0 Å². The molecule has 216 valence electrons. The number of benzene rings is 2. The molecule has 2 aromatic rings. The van der Waals surface area contributed by atoms with Crippen LogP contribution in [0.3, 0.4) is 0 Å². The summed E-state index contributed by atoms with van der Waals surface area (Å²) in [7, 11) is 0.